The van der Waals surface area contributed by atoms with Crippen LogP contribution in [0.4, 0.5) is 0 Å². The number of fused-ring (bicyclic) bond motifs is 9. The molecule has 9 nitrogen and oxygen atoms in total. The van der Waals surface area contributed by atoms with E-state index in [1.807, 2.05) is 18.2 Å². The van der Waals surface area contributed by atoms with E-state index in [0.717, 1.165) is 79.4 Å². The molecule has 2 saturated carbocycles. The molecule has 3 aromatic rings. The van der Waals surface area contributed by atoms with Crippen LogP contribution in [-0.4, -0.2) is 80.2 Å². The zero-order valence-electron chi connectivity index (χ0n) is 26.3. The molecule has 4 unspecified atom stereocenters. The molecule has 3 aliphatic heterocycles. The van der Waals surface area contributed by atoms with Crippen molar-refractivity contribution in [3.8, 4) is 17.0 Å². The highest BCUT2D eigenvalue weighted by atomic mass is 32.2. The number of likely N-dealkylation sites (tertiary alicyclic amines) is 1. The van der Waals surface area contributed by atoms with Crippen molar-refractivity contribution in [2.75, 3.05) is 33.5 Å². The number of carbonyl (C=O) groups is 2. The van der Waals surface area contributed by atoms with Crippen LogP contribution in [0.15, 0.2) is 36.4 Å². The Morgan fingerprint density at radius 3 is 2.40 bits per heavy atom. The summed E-state index contributed by atoms with van der Waals surface area (Å²) in [6.07, 6.45) is 9.68. The van der Waals surface area contributed by atoms with Gasteiger partial charge in [0.1, 0.15) is 5.75 Å². The number of benzene rings is 2. The monoisotopic (exact) mass is 630 g/mol. The highest BCUT2D eigenvalue weighted by Crippen LogP contribution is 2.66. The van der Waals surface area contributed by atoms with Gasteiger partial charge in [-0.2, -0.15) is 0 Å². The van der Waals surface area contributed by atoms with Crippen LogP contribution in [0.2, 0.25) is 0 Å². The lowest BCUT2D eigenvalue weighted by Crippen LogP contribution is -2.57. The molecule has 1 N–H and O–H groups in total. The van der Waals surface area contributed by atoms with Crippen LogP contribution in [0.25, 0.3) is 22.2 Å². The van der Waals surface area contributed by atoms with Crippen LogP contribution in [0, 0.1) is 5.41 Å². The van der Waals surface area contributed by atoms with E-state index >= 15 is 0 Å². The van der Waals surface area contributed by atoms with Crippen molar-refractivity contribution in [1.29, 1.82) is 0 Å². The lowest BCUT2D eigenvalue weighted by Gasteiger charge is -2.41. The third-order valence-corrected chi connectivity index (χ3v) is 11.9. The molecule has 2 saturated heterocycles. The summed E-state index contributed by atoms with van der Waals surface area (Å²) in [7, 11) is 0.126. The van der Waals surface area contributed by atoms with E-state index in [1.54, 1.807) is 13.2 Å². The number of carbonyl (C=O) groups excluding carboxylic acids is 2. The molecule has 4 fully saturated rings. The lowest BCUT2D eigenvalue weighted by atomic mass is 9.81. The van der Waals surface area contributed by atoms with Gasteiger partial charge in [0.25, 0.3) is 5.91 Å². The third kappa shape index (κ3) is 4.61. The van der Waals surface area contributed by atoms with Crippen LogP contribution >= 0.6 is 0 Å². The number of sulfonamides is 1. The van der Waals surface area contributed by atoms with Crippen LogP contribution in [0.5, 0.6) is 5.75 Å². The second-order valence-electron chi connectivity index (χ2n) is 14.3. The van der Waals surface area contributed by atoms with Gasteiger partial charge in [-0.3, -0.25) is 9.59 Å². The van der Waals surface area contributed by atoms with Gasteiger partial charge >= 0.3 is 0 Å². The van der Waals surface area contributed by atoms with E-state index in [2.05, 4.69) is 38.3 Å². The lowest BCUT2D eigenvalue weighted by molar-refractivity contribution is -0.143. The maximum absolute atomic E-state index is 14.9. The normalized spacial score (nSPS) is 27.8. The molecule has 2 aliphatic carbocycles. The molecule has 238 valence electrons. The number of rotatable bonds is 5. The maximum atomic E-state index is 14.9. The van der Waals surface area contributed by atoms with Gasteiger partial charge in [-0.15, -0.1) is 0 Å². The Morgan fingerprint density at radius 1 is 0.978 bits per heavy atom. The van der Waals surface area contributed by atoms with Gasteiger partial charge in [0.15, 0.2) is 0 Å². The highest BCUT2D eigenvalue weighted by Gasteiger charge is 2.65. The Kier molecular flexibility index (Phi) is 6.66. The number of methoxy groups -OCH3 is 1. The molecular weight excluding hydrogens is 588 g/mol. The highest BCUT2D eigenvalue weighted by molar-refractivity contribution is 7.89. The largest absolute Gasteiger partial charge is 0.497 e. The molecule has 0 radical (unpaired) electrons. The molecule has 4 heterocycles. The van der Waals surface area contributed by atoms with Crippen molar-refractivity contribution in [2.45, 2.75) is 81.8 Å². The molecule has 5 aliphatic rings. The van der Waals surface area contributed by atoms with Crippen LogP contribution in [-0.2, 0) is 21.4 Å². The summed E-state index contributed by atoms with van der Waals surface area (Å²) in [6, 6.07) is 12.4. The van der Waals surface area contributed by atoms with Gasteiger partial charge in [0, 0.05) is 59.7 Å². The first-order valence-electron chi connectivity index (χ1n) is 16.5. The Balaban J connectivity index is 1.34. The predicted molar refractivity (Wildman–Crippen MR) is 173 cm³/mol. The molecule has 45 heavy (non-hydrogen) atoms. The van der Waals surface area contributed by atoms with E-state index < -0.39 is 21.3 Å². The van der Waals surface area contributed by atoms with Crippen molar-refractivity contribution in [1.82, 2.24) is 19.1 Å². The smallest absolute Gasteiger partial charge is 0.264 e. The number of hydrogen-bond acceptors (Lipinski definition) is 6. The third-order valence-electron chi connectivity index (χ3n) is 11.4. The summed E-state index contributed by atoms with van der Waals surface area (Å²) in [5.74, 6) is 0.877. The molecule has 2 amide bonds. The minimum atomic E-state index is -3.72. The van der Waals surface area contributed by atoms with Gasteiger partial charge in [-0.1, -0.05) is 25.3 Å². The van der Waals surface area contributed by atoms with Crippen LogP contribution in [0.3, 0.4) is 0 Å². The second-order valence-corrected chi connectivity index (χ2v) is 16.1. The SMILES string of the molecule is COc1ccc2c(c1)C1CC1(C(=O)N1C3CCC1CN(C)C3)Cn1c-2c(C2CCCCC2)c2ccc(C(=O)NS(C)(=O)=O)cc21. The zero-order valence-corrected chi connectivity index (χ0v) is 27.2. The van der Waals surface area contributed by atoms with Crippen molar-refractivity contribution in [2.24, 2.45) is 5.41 Å². The van der Waals surface area contributed by atoms with Crippen LogP contribution < -0.4 is 9.46 Å². The maximum Gasteiger partial charge on any atom is 0.264 e. The van der Waals surface area contributed by atoms with Crippen molar-refractivity contribution in [3.63, 3.8) is 0 Å². The summed E-state index contributed by atoms with van der Waals surface area (Å²) in [4.78, 5) is 32.6. The average molecular weight is 631 g/mol. The standard InChI is InChI=1S/C35H42N4O5S/c1-37-18-23-10-11-24(19-37)39(23)34(41)35-17-29(35)28-16-25(44-2)12-14-26(28)32-31(21-7-5-4-6-8-21)27-13-9-22(15-30(27)38(32)20-35)33(40)36-45(3,42)43/h9,12-16,21,23-24,29H,4-8,10-11,17-20H2,1-3H3,(H,36,40). The van der Waals surface area contributed by atoms with E-state index in [1.165, 1.54) is 30.4 Å². The molecule has 10 heteroatoms. The summed E-state index contributed by atoms with van der Waals surface area (Å²) >= 11 is 0. The van der Waals surface area contributed by atoms with Crippen molar-refractivity contribution >= 4 is 32.7 Å². The number of aromatic nitrogens is 1. The van der Waals surface area contributed by atoms with Gasteiger partial charge in [0.2, 0.25) is 15.9 Å². The average Bonchev–Trinajstić information content (AvgIpc) is 3.60. The first kappa shape index (κ1) is 29.1. The molecule has 8 rings (SSSR count). The van der Waals surface area contributed by atoms with Gasteiger partial charge in [-0.05, 0) is 86.5 Å². The first-order valence-corrected chi connectivity index (χ1v) is 18.3. The number of nitrogens with one attached hydrogen (secondary N) is 1. The van der Waals surface area contributed by atoms with E-state index in [-0.39, 0.29) is 23.9 Å². The Labute approximate surface area is 264 Å². The van der Waals surface area contributed by atoms with Gasteiger partial charge < -0.3 is 19.1 Å². The van der Waals surface area contributed by atoms with E-state index in [0.29, 0.717) is 18.0 Å². The Bertz CT molecular complexity index is 1830. The topological polar surface area (TPSA) is 101 Å². The minimum Gasteiger partial charge on any atom is -0.497 e. The van der Waals surface area contributed by atoms with E-state index in [9.17, 15) is 18.0 Å². The van der Waals surface area contributed by atoms with Gasteiger partial charge in [-0.25, -0.2) is 13.1 Å². The van der Waals surface area contributed by atoms with Crippen molar-refractivity contribution in [3.05, 3.63) is 53.1 Å². The fraction of sp³-hybridized carbons (Fsp3) is 0.543. The number of likely N-dealkylation sites (N-methyl/N-ethyl adjacent to an activating group) is 1. The molecule has 4 atom stereocenters. The van der Waals surface area contributed by atoms with E-state index in [4.69, 9.17) is 4.74 Å². The summed E-state index contributed by atoms with van der Waals surface area (Å²) in [5.41, 5.74) is 5.39. The summed E-state index contributed by atoms with van der Waals surface area (Å²) in [5, 5.41) is 1.09. The zero-order chi connectivity index (χ0) is 31.2. The number of hydrogen-bond donors (Lipinski definition) is 1. The molecule has 0 spiro atoms. The molecular formula is C35H42N4O5S. The minimum absolute atomic E-state index is 0.0834. The molecule has 1 aromatic heterocycles. The van der Waals surface area contributed by atoms with Gasteiger partial charge in [0.05, 0.1) is 24.5 Å². The number of ether oxygens (including phenoxy) is 1. The Morgan fingerprint density at radius 2 is 1.71 bits per heavy atom. The van der Waals surface area contributed by atoms with Crippen LogP contribution in [0.1, 0.15) is 84.7 Å². The number of piperazine rings is 1. The molecule has 2 bridgehead atoms. The predicted octanol–water partition coefficient (Wildman–Crippen LogP) is 4.85. The van der Waals surface area contributed by atoms with Crippen molar-refractivity contribution < 1.29 is 22.7 Å². The fourth-order valence-corrected chi connectivity index (χ4v) is 9.81. The number of nitrogens with zero attached hydrogens (tertiary/aromatic N) is 3. The first-order chi connectivity index (χ1) is 21.6. The molecule has 2 aromatic carbocycles. The second kappa shape index (κ2) is 10.3. The summed E-state index contributed by atoms with van der Waals surface area (Å²) in [6.45, 7) is 2.36. The number of amides is 2. The quantitative estimate of drug-likeness (QED) is 0.433. The fourth-order valence-electron chi connectivity index (χ4n) is 9.35. The Hall–Kier alpha value is -3.37. The summed E-state index contributed by atoms with van der Waals surface area (Å²) < 4.78 is 34.1.